The number of nitrogens with one attached hydrogen (secondary N) is 1. The van der Waals surface area contributed by atoms with E-state index < -0.39 is 29.6 Å². The van der Waals surface area contributed by atoms with Crippen LogP contribution in [0, 0.1) is 17.7 Å². The van der Waals surface area contributed by atoms with Crippen LogP contribution in [0.1, 0.15) is 52.0 Å². The maximum Gasteiger partial charge on any atom is 0.337 e. The van der Waals surface area contributed by atoms with E-state index in [0.29, 0.717) is 35.4 Å². The molecule has 7 heteroatoms. The summed E-state index contributed by atoms with van der Waals surface area (Å²) >= 11 is 0. The van der Waals surface area contributed by atoms with Crippen LogP contribution < -0.4 is 5.32 Å². The fraction of sp³-hybridized carbons (Fsp3) is 0.458. The van der Waals surface area contributed by atoms with E-state index in [-0.39, 0.29) is 23.4 Å². The van der Waals surface area contributed by atoms with E-state index in [4.69, 9.17) is 9.47 Å². The van der Waals surface area contributed by atoms with Gasteiger partial charge in [0.15, 0.2) is 5.78 Å². The first kappa shape index (κ1) is 22.7. The van der Waals surface area contributed by atoms with Gasteiger partial charge < -0.3 is 14.8 Å². The highest BCUT2D eigenvalue weighted by atomic mass is 19.1. The molecule has 0 saturated heterocycles. The van der Waals surface area contributed by atoms with Crippen LogP contribution in [0.5, 0.6) is 0 Å². The van der Waals surface area contributed by atoms with Gasteiger partial charge in [-0.05, 0) is 50.3 Å². The molecule has 6 nitrogen and oxygen atoms in total. The quantitative estimate of drug-likeness (QED) is 0.567. The highest BCUT2D eigenvalue weighted by molar-refractivity contribution is 6.12. The van der Waals surface area contributed by atoms with E-state index in [2.05, 4.69) is 5.32 Å². The topological polar surface area (TPSA) is 81.7 Å². The lowest BCUT2D eigenvalue weighted by molar-refractivity contribution is -0.151. The van der Waals surface area contributed by atoms with E-state index in [1.807, 2.05) is 13.8 Å². The van der Waals surface area contributed by atoms with Crippen molar-refractivity contribution in [2.45, 2.75) is 52.6 Å². The monoisotopic (exact) mass is 429 g/mol. The molecule has 1 aliphatic heterocycles. The first-order valence-corrected chi connectivity index (χ1v) is 10.5. The minimum atomic E-state index is -0.959. The smallest absolute Gasteiger partial charge is 0.337 e. The predicted molar refractivity (Wildman–Crippen MR) is 112 cm³/mol. The second kappa shape index (κ2) is 9.04. The molecule has 2 aliphatic rings. The van der Waals surface area contributed by atoms with Crippen molar-refractivity contribution in [1.29, 1.82) is 0 Å². The molecular formula is C24H28FNO5. The molecule has 0 saturated carbocycles. The minimum Gasteiger partial charge on any atom is -0.468 e. The maximum atomic E-state index is 13.6. The lowest BCUT2D eigenvalue weighted by atomic mass is 9.69. The Morgan fingerprint density at radius 2 is 1.90 bits per heavy atom. The van der Waals surface area contributed by atoms with Gasteiger partial charge >= 0.3 is 11.9 Å². The number of carbonyl (C=O) groups excluding carboxylic acids is 3. The van der Waals surface area contributed by atoms with Crippen LogP contribution in [0.2, 0.25) is 0 Å². The molecule has 0 amide bonds. The number of methoxy groups -OCH3 is 1. The van der Waals surface area contributed by atoms with Gasteiger partial charge in [-0.3, -0.25) is 9.59 Å². The molecule has 31 heavy (non-hydrogen) atoms. The summed E-state index contributed by atoms with van der Waals surface area (Å²) in [7, 11) is 1.25. The van der Waals surface area contributed by atoms with Crippen LogP contribution in [0.25, 0.3) is 0 Å². The summed E-state index contributed by atoms with van der Waals surface area (Å²) in [5.41, 5.74) is 2.46. The average molecular weight is 429 g/mol. The van der Waals surface area contributed by atoms with Crippen molar-refractivity contribution in [2.24, 2.45) is 11.8 Å². The molecule has 1 aromatic rings. The summed E-state index contributed by atoms with van der Waals surface area (Å²) in [6.45, 7) is 7.28. The molecule has 0 aromatic heterocycles. The summed E-state index contributed by atoms with van der Waals surface area (Å²) in [5, 5.41) is 3.20. The van der Waals surface area contributed by atoms with Crippen molar-refractivity contribution >= 4 is 17.7 Å². The first-order chi connectivity index (χ1) is 14.7. The van der Waals surface area contributed by atoms with E-state index in [1.165, 1.54) is 19.2 Å². The second-order valence-electron chi connectivity index (χ2n) is 8.21. The lowest BCUT2D eigenvalue weighted by Gasteiger charge is -2.38. The Bertz CT molecular complexity index is 963. The standard InChI is InChI=1S/C24H28FNO5/c1-6-13(3)31-24(29)19-14(4)26-17-11-12(2)18(23(28)30-5)22(27)21(17)20(19)15-7-9-16(25)10-8-15/h7-10,12-13,18,20,26H,6,11H2,1-5H3/t12-,13-,18-,20+/m1/s1. The van der Waals surface area contributed by atoms with Crippen molar-refractivity contribution in [3.05, 3.63) is 58.2 Å². The van der Waals surface area contributed by atoms with Crippen LogP contribution in [0.3, 0.4) is 0 Å². The fourth-order valence-corrected chi connectivity index (χ4v) is 4.27. The zero-order valence-electron chi connectivity index (χ0n) is 18.5. The number of benzene rings is 1. The predicted octanol–water partition coefficient (Wildman–Crippen LogP) is 3.78. The van der Waals surface area contributed by atoms with Gasteiger partial charge in [0, 0.05) is 22.9 Å². The Morgan fingerprint density at radius 3 is 2.48 bits per heavy atom. The number of ether oxygens (including phenoxy) is 2. The van der Waals surface area contributed by atoms with Crippen molar-refractivity contribution < 1.29 is 28.2 Å². The van der Waals surface area contributed by atoms with Crippen LogP contribution in [0.15, 0.2) is 46.8 Å². The molecule has 0 bridgehead atoms. The lowest BCUT2D eigenvalue weighted by Crippen LogP contribution is -2.43. The Labute approximate surface area is 181 Å². The van der Waals surface area contributed by atoms with E-state index >= 15 is 0 Å². The van der Waals surface area contributed by atoms with Crippen LogP contribution in [0.4, 0.5) is 4.39 Å². The molecule has 3 rings (SSSR count). The molecule has 1 aromatic carbocycles. The van der Waals surface area contributed by atoms with Gasteiger partial charge in [-0.2, -0.15) is 0 Å². The molecule has 0 radical (unpaired) electrons. The molecule has 0 unspecified atom stereocenters. The highest BCUT2D eigenvalue weighted by Crippen LogP contribution is 2.45. The molecule has 1 aliphatic carbocycles. The molecule has 0 fully saturated rings. The summed E-state index contributed by atoms with van der Waals surface area (Å²) in [5.74, 6) is -3.94. The Balaban J connectivity index is 2.15. The second-order valence-corrected chi connectivity index (χ2v) is 8.21. The first-order valence-electron chi connectivity index (χ1n) is 10.5. The summed E-state index contributed by atoms with van der Waals surface area (Å²) < 4.78 is 24.1. The van der Waals surface area contributed by atoms with Gasteiger partial charge in [0.05, 0.1) is 18.8 Å². The highest BCUT2D eigenvalue weighted by Gasteiger charge is 2.47. The third kappa shape index (κ3) is 4.27. The molecule has 166 valence electrons. The maximum absolute atomic E-state index is 13.6. The average Bonchev–Trinajstić information content (AvgIpc) is 2.72. The number of rotatable bonds is 5. The number of dihydropyridines is 1. The summed E-state index contributed by atoms with van der Waals surface area (Å²) in [6, 6.07) is 5.69. The van der Waals surface area contributed by atoms with Crippen LogP contribution in [-0.2, 0) is 23.9 Å². The van der Waals surface area contributed by atoms with Gasteiger partial charge in [0.2, 0.25) is 0 Å². The third-order valence-corrected chi connectivity index (χ3v) is 6.05. The zero-order chi connectivity index (χ0) is 22.9. The van der Waals surface area contributed by atoms with Crippen molar-refractivity contribution in [3.8, 4) is 0 Å². The van der Waals surface area contributed by atoms with E-state index in [9.17, 15) is 18.8 Å². The molecule has 1 N–H and O–H groups in total. The van der Waals surface area contributed by atoms with Gasteiger partial charge in [-0.25, -0.2) is 9.18 Å². The summed E-state index contributed by atoms with van der Waals surface area (Å²) in [4.78, 5) is 39.0. The fourth-order valence-electron chi connectivity index (χ4n) is 4.27. The van der Waals surface area contributed by atoms with E-state index in [0.717, 1.165) is 0 Å². The Kier molecular flexibility index (Phi) is 6.62. The normalized spacial score (nSPS) is 24.3. The van der Waals surface area contributed by atoms with Crippen molar-refractivity contribution in [2.75, 3.05) is 7.11 Å². The number of halogens is 1. The van der Waals surface area contributed by atoms with E-state index in [1.54, 1.807) is 26.0 Å². The SMILES string of the molecule is CC[C@@H](C)OC(=O)C1=C(C)NC2=C(C(=O)[C@H](C(=O)OC)[C@H](C)C2)[C@H]1c1ccc(F)cc1. The van der Waals surface area contributed by atoms with Gasteiger partial charge in [-0.1, -0.05) is 26.0 Å². The number of esters is 2. The number of hydrogen-bond donors (Lipinski definition) is 1. The number of carbonyl (C=O) groups is 3. The third-order valence-electron chi connectivity index (χ3n) is 6.05. The molecular weight excluding hydrogens is 401 g/mol. The van der Waals surface area contributed by atoms with Gasteiger partial charge in [0.25, 0.3) is 0 Å². The minimum absolute atomic E-state index is 0.263. The molecule has 1 heterocycles. The largest absolute Gasteiger partial charge is 0.468 e. The zero-order valence-corrected chi connectivity index (χ0v) is 18.5. The van der Waals surface area contributed by atoms with Crippen LogP contribution >= 0.6 is 0 Å². The Morgan fingerprint density at radius 1 is 1.26 bits per heavy atom. The Hall–Kier alpha value is -2.96. The van der Waals surface area contributed by atoms with Crippen molar-refractivity contribution in [1.82, 2.24) is 5.32 Å². The van der Waals surface area contributed by atoms with Crippen molar-refractivity contribution in [3.63, 3.8) is 0 Å². The molecule has 4 atom stereocenters. The number of Topliss-reactive ketones (excluding diaryl/α,β-unsaturated/α-hetero) is 1. The molecule has 0 spiro atoms. The number of hydrogen-bond acceptors (Lipinski definition) is 6. The van der Waals surface area contributed by atoms with Gasteiger partial charge in [-0.15, -0.1) is 0 Å². The summed E-state index contributed by atoms with van der Waals surface area (Å²) in [6.07, 6.45) is 0.785. The number of allylic oxidation sites excluding steroid dienone is 3. The number of ketones is 1. The van der Waals surface area contributed by atoms with Crippen LogP contribution in [-0.4, -0.2) is 30.9 Å². The van der Waals surface area contributed by atoms with Gasteiger partial charge in [0.1, 0.15) is 11.7 Å².